The van der Waals surface area contributed by atoms with Crippen LogP contribution in [0.4, 0.5) is 0 Å². The van der Waals surface area contributed by atoms with Crippen LogP contribution in [0.1, 0.15) is 12.8 Å². The number of likely N-dealkylation sites (tertiary alicyclic amines) is 1. The summed E-state index contributed by atoms with van der Waals surface area (Å²) >= 11 is 6.32. The molecule has 1 aliphatic rings. The molecule has 0 radical (unpaired) electrons. The molecule has 6 heteroatoms. The van der Waals surface area contributed by atoms with Crippen molar-refractivity contribution in [1.29, 1.82) is 0 Å². The topological polar surface area (TPSA) is 54.2 Å². The van der Waals surface area contributed by atoms with E-state index in [1.807, 2.05) is 42.7 Å². The van der Waals surface area contributed by atoms with Crippen LogP contribution in [0.5, 0.6) is 0 Å². The van der Waals surface area contributed by atoms with Crippen molar-refractivity contribution in [3.8, 4) is 11.5 Å². The zero-order valence-corrected chi connectivity index (χ0v) is 15.4. The second-order valence-electron chi connectivity index (χ2n) is 6.94. The molecule has 1 saturated heterocycles. The largest absolute Gasteiger partial charge is 0.395 e. The van der Waals surface area contributed by atoms with E-state index in [1.54, 1.807) is 0 Å². The molecule has 2 aromatic heterocycles. The maximum Gasteiger partial charge on any atom is 0.158 e. The Morgan fingerprint density at radius 2 is 2.15 bits per heavy atom. The number of nitrogens with zero attached hydrogens (tertiary/aromatic N) is 4. The van der Waals surface area contributed by atoms with E-state index in [9.17, 15) is 5.11 Å². The average molecular weight is 371 g/mol. The Kier molecular flexibility index (Phi) is 5.20. The molecule has 0 bridgehead atoms. The van der Waals surface area contributed by atoms with E-state index in [0.29, 0.717) is 10.9 Å². The predicted octanol–water partition coefficient (Wildman–Crippen LogP) is 3.46. The molecule has 0 spiro atoms. The maximum atomic E-state index is 9.19. The molecule has 5 nitrogen and oxygen atoms in total. The first kappa shape index (κ1) is 17.5. The number of pyridine rings is 1. The van der Waals surface area contributed by atoms with Crippen LogP contribution in [0.3, 0.4) is 0 Å². The molecular formula is C20H23ClN4O. The van der Waals surface area contributed by atoms with Gasteiger partial charge in [0.15, 0.2) is 5.82 Å². The summed E-state index contributed by atoms with van der Waals surface area (Å²) in [4.78, 5) is 11.7. The van der Waals surface area contributed by atoms with Crippen LogP contribution in [-0.2, 0) is 6.54 Å². The van der Waals surface area contributed by atoms with Crippen molar-refractivity contribution in [2.75, 3.05) is 26.2 Å². The van der Waals surface area contributed by atoms with Crippen LogP contribution in [-0.4, -0.2) is 50.8 Å². The third kappa shape index (κ3) is 3.61. The molecule has 1 aromatic carbocycles. The molecule has 1 aliphatic heterocycles. The minimum absolute atomic E-state index is 0.227. The van der Waals surface area contributed by atoms with Gasteiger partial charge in [0.2, 0.25) is 0 Å². The van der Waals surface area contributed by atoms with Crippen molar-refractivity contribution in [2.24, 2.45) is 5.92 Å². The number of hydrogen-bond acceptors (Lipinski definition) is 4. The summed E-state index contributed by atoms with van der Waals surface area (Å²) in [5, 5.41) is 10.9. The summed E-state index contributed by atoms with van der Waals surface area (Å²) in [6, 6.07) is 9.88. The third-order valence-corrected chi connectivity index (χ3v) is 5.39. The summed E-state index contributed by atoms with van der Waals surface area (Å²) in [6.07, 6.45) is 6.25. The SMILES string of the molecule is OCCN1CCCC(Cn2ccnc2-c2ccc3cccc(Cl)c3n2)C1. The Morgan fingerprint density at radius 1 is 1.23 bits per heavy atom. The fourth-order valence-corrected chi connectivity index (χ4v) is 4.07. The molecule has 0 amide bonds. The molecule has 0 saturated carbocycles. The van der Waals surface area contributed by atoms with Gasteiger partial charge in [-0.15, -0.1) is 0 Å². The number of fused-ring (bicyclic) bond motifs is 1. The summed E-state index contributed by atoms with van der Waals surface area (Å²) in [7, 11) is 0. The van der Waals surface area contributed by atoms with Gasteiger partial charge in [-0.2, -0.15) is 0 Å². The Bertz CT molecular complexity index is 892. The lowest BCUT2D eigenvalue weighted by molar-refractivity contribution is 0.132. The minimum atomic E-state index is 0.227. The number of hydrogen-bond donors (Lipinski definition) is 1. The van der Waals surface area contributed by atoms with E-state index >= 15 is 0 Å². The van der Waals surface area contributed by atoms with Crippen LogP contribution in [0.15, 0.2) is 42.7 Å². The van der Waals surface area contributed by atoms with Gasteiger partial charge in [-0.3, -0.25) is 0 Å². The molecule has 26 heavy (non-hydrogen) atoms. The third-order valence-electron chi connectivity index (χ3n) is 5.09. The number of halogens is 1. The number of aliphatic hydroxyl groups is 1. The Morgan fingerprint density at radius 3 is 3.04 bits per heavy atom. The first-order chi connectivity index (χ1) is 12.7. The van der Waals surface area contributed by atoms with Gasteiger partial charge in [-0.1, -0.05) is 29.8 Å². The molecular weight excluding hydrogens is 348 g/mol. The quantitative estimate of drug-likeness (QED) is 0.747. The number of aliphatic hydroxyl groups excluding tert-OH is 1. The number of aromatic nitrogens is 3. The summed E-state index contributed by atoms with van der Waals surface area (Å²) in [6.45, 7) is 4.01. The molecule has 0 aliphatic carbocycles. The molecule has 1 fully saturated rings. The highest BCUT2D eigenvalue weighted by Crippen LogP contribution is 2.26. The fraction of sp³-hybridized carbons (Fsp3) is 0.400. The van der Waals surface area contributed by atoms with E-state index < -0.39 is 0 Å². The molecule has 1 unspecified atom stereocenters. The van der Waals surface area contributed by atoms with Crippen molar-refractivity contribution >= 4 is 22.5 Å². The van der Waals surface area contributed by atoms with Crippen LogP contribution in [0.2, 0.25) is 5.02 Å². The van der Waals surface area contributed by atoms with Crippen LogP contribution in [0.25, 0.3) is 22.4 Å². The number of para-hydroxylation sites is 1. The standard InChI is InChI=1S/C20H23ClN4O/c21-17-5-1-4-16-6-7-18(23-19(16)17)20-22-8-10-25(20)14-15-3-2-9-24(13-15)11-12-26/h1,4-8,10,15,26H,2-3,9,11-14H2. The van der Waals surface area contributed by atoms with E-state index in [4.69, 9.17) is 16.6 Å². The number of imidazole rings is 1. The lowest BCUT2D eigenvalue weighted by atomic mass is 9.98. The van der Waals surface area contributed by atoms with Gasteiger partial charge in [0, 0.05) is 37.4 Å². The van der Waals surface area contributed by atoms with E-state index in [0.717, 1.165) is 48.6 Å². The molecule has 3 heterocycles. The highest BCUT2D eigenvalue weighted by atomic mass is 35.5. The van der Waals surface area contributed by atoms with Crippen LogP contribution >= 0.6 is 11.6 Å². The zero-order chi connectivity index (χ0) is 17.9. The van der Waals surface area contributed by atoms with Crippen molar-refractivity contribution in [3.63, 3.8) is 0 Å². The van der Waals surface area contributed by atoms with Gasteiger partial charge in [0.1, 0.15) is 5.69 Å². The predicted molar refractivity (Wildman–Crippen MR) is 104 cm³/mol. The van der Waals surface area contributed by atoms with Crippen molar-refractivity contribution < 1.29 is 5.11 Å². The molecule has 136 valence electrons. The number of rotatable bonds is 5. The molecule has 3 aromatic rings. The van der Waals surface area contributed by atoms with Crippen LogP contribution in [0, 0.1) is 5.92 Å². The average Bonchev–Trinajstić information content (AvgIpc) is 3.10. The highest BCUT2D eigenvalue weighted by Gasteiger charge is 2.21. The normalized spacial score (nSPS) is 18.5. The first-order valence-corrected chi connectivity index (χ1v) is 9.52. The summed E-state index contributed by atoms with van der Waals surface area (Å²) < 4.78 is 2.19. The maximum absolute atomic E-state index is 9.19. The highest BCUT2D eigenvalue weighted by molar-refractivity contribution is 6.35. The van der Waals surface area contributed by atoms with Gasteiger partial charge in [0.25, 0.3) is 0 Å². The zero-order valence-electron chi connectivity index (χ0n) is 14.7. The van der Waals surface area contributed by atoms with E-state index in [-0.39, 0.29) is 6.61 Å². The van der Waals surface area contributed by atoms with E-state index in [2.05, 4.69) is 14.5 Å². The first-order valence-electron chi connectivity index (χ1n) is 9.14. The second kappa shape index (κ2) is 7.74. The summed E-state index contributed by atoms with van der Waals surface area (Å²) in [5.74, 6) is 1.44. The molecule has 1 N–H and O–H groups in total. The van der Waals surface area contributed by atoms with Crippen molar-refractivity contribution in [2.45, 2.75) is 19.4 Å². The smallest absolute Gasteiger partial charge is 0.158 e. The Balaban J connectivity index is 1.58. The van der Waals surface area contributed by atoms with Crippen molar-refractivity contribution in [1.82, 2.24) is 19.4 Å². The summed E-state index contributed by atoms with van der Waals surface area (Å²) in [5.41, 5.74) is 1.66. The molecule has 1 atom stereocenters. The Hall–Kier alpha value is -1.95. The monoisotopic (exact) mass is 370 g/mol. The second-order valence-corrected chi connectivity index (χ2v) is 7.35. The molecule has 4 rings (SSSR count). The van der Waals surface area contributed by atoms with Gasteiger partial charge >= 0.3 is 0 Å². The van der Waals surface area contributed by atoms with Crippen molar-refractivity contribution in [3.05, 3.63) is 47.7 Å². The minimum Gasteiger partial charge on any atom is -0.395 e. The lowest BCUT2D eigenvalue weighted by Crippen LogP contribution is -2.38. The number of piperidine rings is 1. The van der Waals surface area contributed by atoms with E-state index in [1.165, 1.54) is 12.8 Å². The lowest BCUT2D eigenvalue weighted by Gasteiger charge is -2.32. The van der Waals surface area contributed by atoms with Gasteiger partial charge in [0.05, 0.1) is 17.1 Å². The van der Waals surface area contributed by atoms with Crippen LogP contribution < -0.4 is 0 Å². The number of β-amino-alcohol motifs (C(OH)–C–C–N with tert-alkyl or cyclic N) is 1. The Labute approximate surface area is 158 Å². The van der Waals surface area contributed by atoms with Gasteiger partial charge in [-0.05, 0) is 37.4 Å². The number of benzene rings is 1. The van der Waals surface area contributed by atoms with Gasteiger partial charge < -0.3 is 14.6 Å². The van der Waals surface area contributed by atoms with Gasteiger partial charge in [-0.25, -0.2) is 9.97 Å². The fourth-order valence-electron chi connectivity index (χ4n) is 3.85.